The van der Waals surface area contributed by atoms with Crippen molar-refractivity contribution in [2.75, 3.05) is 6.61 Å². The second kappa shape index (κ2) is 6.30. The molecule has 0 aliphatic heterocycles. The first kappa shape index (κ1) is 12.7. The van der Waals surface area contributed by atoms with E-state index in [-0.39, 0.29) is 6.61 Å². The topological polar surface area (TPSA) is 49.7 Å². The van der Waals surface area contributed by atoms with E-state index in [1.807, 2.05) is 44.2 Å². The number of aliphatic hydroxyl groups excluding tert-OH is 2. The van der Waals surface area contributed by atoms with E-state index in [0.29, 0.717) is 12.4 Å². The first-order valence-electron chi connectivity index (χ1n) is 5.28. The fourth-order valence-electron chi connectivity index (χ4n) is 1.39. The fraction of sp³-hybridized carbons (Fsp3) is 0.385. The fourth-order valence-corrected chi connectivity index (χ4v) is 1.39. The number of ether oxygens (including phenoxy) is 1. The minimum absolute atomic E-state index is 0.324. The maximum Gasteiger partial charge on any atom is 0.134 e. The molecule has 1 unspecified atom stereocenters. The highest BCUT2D eigenvalue weighted by molar-refractivity contribution is 5.15. The molecule has 0 radical (unpaired) electrons. The summed E-state index contributed by atoms with van der Waals surface area (Å²) in [6.07, 6.45) is -0.936. The molecule has 88 valence electrons. The standard InChI is InChI=1S/C13H18O3/c1-10(2)13(12(15)8-14)16-9-11-6-4-3-5-7-11/h3-7,12,14-15H,8-9H2,1-2H3. The van der Waals surface area contributed by atoms with Crippen LogP contribution in [-0.4, -0.2) is 22.9 Å². The summed E-state index contributed by atoms with van der Waals surface area (Å²) in [7, 11) is 0. The van der Waals surface area contributed by atoms with Gasteiger partial charge in [0.2, 0.25) is 0 Å². The van der Waals surface area contributed by atoms with Crippen molar-refractivity contribution in [2.45, 2.75) is 26.6 Å². The van der Waals surface area contributed by atoms with Crippen molar-refractivity contribution in [3.05, 3.63) is 47.2 Å². The number of hydrogen-bond acceptors (Lipinski definition) is 3. The van der Waals surface area contributed by atoms with Gasteiger partial charge in [-0.15, -0.1) is 0 Å². The Morgan fingerprint density at radius 2 is 1.88 bits per heavy atom. The van der Waals surface area contributed by atoms with Crippen LogP contribution in [0.4, 0.5) is 0 Å². The molecule has 2 N–H and O–H groups in total. The third-order valence-electron chi connectivity index (χ3n) is 2.21. The Morgan fingerprint density at radius 1 is 1.25 bits per heavy atom. The number of aliphatic hydroxyl groups is 2. The van der Waals surface area contributed by atoms with Crippen molar-refractivity contribution in [3.8, 4) is 0 Å². The quantitative estimate of drug-likeness (QED) is 0.747. The third kappa shape index (κ3) is 3.68. The molecule has 0 aromatic heterocycles. The van der Waals surface area contributed by atoms with E-state index in [2.05, 4.69) is 0 Å². The van der Waals surface area contributed by atoms with E-state index < -0.39 is 6.10 Å². The van der Waals surface area contributed by atoms with E-state index in [1.165, 1.54) is 0 Å². The van der Waals surface area contributed by atoms with E-state index >= 15 is 0 Å². The van der Waals surface area contributed by atoms with Crippen LogP contribution in [0.25, 0.3) is 0 Å². The molecule has 0 saturated heterocycles. The minimum atomic E-state index is -0.936. The Kier molecular flexibility index (Phi) is 5.02. The molecule has 1 atom stereocenters. The highest BCUT2D eigenvalue weighted by Crippen LogP contribution is 2.13. The largest absolute Gasteiger partial charge is 0.490 e. The summed E-state index contributed by atoms with van der Waals surface area (Å²) >= 11 is 0. The molecule has 0 aliphatic rings. The van der Waals surface area contributed by atoms with Crippen LogP contribution in [-0.2, 0) is 11.3 Å². The summed E-state index contributed by atoms with van der Waals surface area (Å²) in [6, 6.07) is 9.71. The summed E-state index contributed by atoms with van der Waals surface area (Å²) in [6.45, 7) is 3.77. The van der Waals surface area contributed by atoms with Crippen LogP contribution in [0.1, 0.15) is 19.4 Å². The van der Waals surface area contributed by atoms with Crippen LogP contribution in [0, 0.1) is 0 Å². The van der Waals surface area contributed by atoms with Crippen LogP contribution >= 0.6 is 0 Å². The zero-order chi connectivity index (χ0) is 12.0. The molecule has 0 heterocycles. The highest BCUT2D eigenvalue weighted by atomic mass is 16.5. The summed E-state index contributed by atoms with van der Waals surface area (Å²) in [4.78, 5) is 0. The third-order valence-corrected chi connectivity index (χ3v) is 2.21. The first-order valence-corrected chi connectivity index (χ1v) is 5.28. The summed E-state index contributed by atoms with van der Waals surface area (Å²) in [5.41, 5.74) is 1.91. The Morgan fingerprint density at radius 3 is 2.38 bits per heavy atom. The van der Waals surface area contributed by atoms with Gasteiger partial charge in [0.25, 0.3) is 0 Å². The molecule has 0 aliphatic carbocycles. The number of rotatable bonds is 5. The lowest BCUT2D eigenvalue weighted by Crippen LogP contribution is -2.18. The van der Waals surface area contributed by atoms with Crippen LogP contribution in [0.2, 0.25) is 0 Å². The van der Waals surface area contributed by atoms with E-state index in [9.17, 15) is 5.11 Å². The molecule has 3 nitrogen and oxygen atoms in total. The van der Waals surface area contributed by atoms with Gasteiger partial charge in [-0.3, -0.25) is 0 Å². The van der Waals surface area contributed by atoms with Crippen LogP contribution < -0.4 is 0 Å². The van der Waals surface area contributed by atoms with E-state index in [1.54, 1.807) is 0 Å². The number of allylic oxidation sites excluding steroid dienone is 1. The van der Waals surface area contributed by atoms with Gasteiger partial charge >= 0.3 is 0 Å². The Hall–Kier alpha value is -1.32. The average molecular weight is 222 g/mol. The normalized spacial score (nSPS) is 12.0. The van der Waals surface area contributed by atoms with Gasteiger partial charge < -0.3 is 14.9 Å². The van der Waals surface area contributed by atoms with Crippen molar-refractivity contribution >= 4 is 0 Å². The molecule has 1 aromatic carbocycles. The lowest BCUT2D eigenvalue weighted by molar-refractivity contribution is 0.0520. The monoisotopic (exact) mass is 222 g/mol. The van der Waals surface area contributed by atoms with Crippen molar-refractivity contribution in [3.63, 3.8) is 0 Å². The molecule has 16 heavy (non-hydrogen) atoms. The number of hydrogen-bond donors (Lipinski definition) is 2. The van der Waals surface area contributed by atoms with Gasteiger partial charge in [0, 0.05) is 0 Å². The van der Waals surface area contributed by atoms with Crippen molar-refractivity contribution in [1.82, 2.24) is 0 Å². The smallest absolute Gasteiger partial charge is 0.134 e. The maximum atomic E-state index is 9.53. The van der Waals surface area contributed by atoms with Gasteiger partial charge in [-0.05, 0) is 25.0 Å². The van der Waals surface area contributed by atoms with E-state index in [4.69, 9.17) is 9.84 Å². The molecular formula is C13H18O3. The van der Waals surface area contributed by atoms with Crippen molar-refractivity contribution in [1.29, 1.82) is 0 Å². The Labute approximate surface area is 96.0 Å². The zero-order valence-corrected chi connectivity index (χ0v) is 9.68. The van der Waals surface area contributed by atoms with Crippen LogP contribution in [0.5, 0.6) is 0 Å². The highest BCUT2D eigenvalue weighted by Gasteiger charge is 2.12. The van der Waals surface area contributed by atoms with Gasteiger partial charge in [-0.2, -0.15) is 0 Å². The molecule has 0 spiro atoms. The lowest BCUT2D eigenvalue weighted by atomic mass is 10.2. The Balaban J connectivity index is 2.62. The summed E-state index contributed by atoms with van der Waals surface area (Å²) in [5, 5.41) is 18.4. The first-order chi connectivity index (χ1) is 7.65. The van der Waals surface area contributed by atoms with Crippen LogP contribution in [0.3, 0.4) is 0 Å². The molecule has 1 rings (SSSR count). The average Bonchev–Trinajstić information content (AvgIpc) is 2.30. The molecule has 1 aromatic rings. The van der Waals surface area contributed by atoms with Crippen molar-refractivity contribution in [2.24, 2.45) is 0 Å². The molecule has 0 fully saturated rings. The number of benzene rings is 1. The SMILES string of the molecule is CC(C)=C(OCc1ccccc1)C(O)CO. The van der Waals surface area contributed by atoms with Gasteiger partial charge in [-0.25, -0.2) is 0 Å². The predicted molar refractivity (Wildman–Crippen MR) is 62.7 cm³/mol. The van der Waals surface area contributed by atoms with Crippen LogP contribution in [0.15, 0.2) is 41.7 Å². The van der Waals surface area contributed by atoms with Gasteiger partial charge in [0.1, 0.15) is 18.5 Å². The Bertz CT molecular complexity index is 339. The zero-order valence-electron chi connectivity index (χ0n) is 9.68. The molecular weight excluding hydrogens is 204 g/mol. The van der Waals surface area contributed by atoms with Gasteiger partial charge in [0.05, 0.1) is 6.61 Å². The second-order valence-electron chi connectivity index (χ2n) is 3.84. The summed E-state index contributed by atoms with van der Waals surface area (Å²) in [5.74, 6) is 0.450. The molecule has 0 bridgehead atoms. The predicted octanol–water partition coefficient (Wildman–Crippen LogP) is 1.85. The van der Waals surface area contributed by atoms with Gasteiger partial charge in [-0.1, -0.05) is 30.3 Å². The van der Waals surface area contributed by atoms with Crippen molar-refractivity contribution < 1.29 is 14.9 Å². The van der Waals surface area contributed by atoms with E-state index in [0.717, 1.165) is 11.1 Å². The second-order valence-corrected chi connectivity index (χ2v) is 3.84. The molecule has 0 amide bonds. The lowest BCUT2D eigenvalue weighted by Gasteiger charge is -2.16. The molecule has 0 saturated carbocycles. The van der Waals surface area contributed by atoms with Gasteiger partial charge in [0.15, 0.2) is 0 Å². The summed E-state index contributed by atoms with van der Waals surface area (Å²) < 4.78 is 5.51. The molecule has 3 heteroatoms. The maximum absolute atomic E-state index is 9.53. The minimum Gasteiger partial charge on any atom is -0.490 e.